The fourth-order valence-corrected chi connectivity index (χ4v) is 3.69. The summed E-state index contributed by atoms with van der Waals surface area (Å²) < 4.78 is 0. The van der Waals surface area contributed by atoms with Gasteiger partial charge in [0.1, 0.15) is 0 Å². The highest BCUT2D eigenvalue weighted by atomic mass is 15.3. The van der Waals surface area contributed by atoms with Crippen molar-refractivity contribution in [1.82, 2.24) is 9.80 Å². The third-order valence-electron chi connectivity index (χ3n) is 4.82. The lowest BCUT2D eigenvalue weighted by Crippen LogP contribution is -2.55. The molecule has 0 amide bonds. The summed E-state index contributed by atoms with van der Waals surface area (Å²) in [7, 11) is 0. The molecule has 0 spiro atoms. The van der Waals surface area contributed by atoms with Gasteiger partial charge in [-0.3, -0.25) is 9.80 Å². The van der Waals surface area contributed by atoms with Crippen LogP contribution in [0.15, 0.2) is 30.3 Å². The van der Waals surface area contributed by atoms with Crippen LogP contribution >= 0.6 is 0 Å². The highest BCUT2D eigenvalue weighted by Gasteiger charge is 2.33. The Kier molecular flexibility index (Phi) is 4.19. The lowest BCUT2D eigenvalue weighted by molar-refractivity contribution is 0.0589. The van der Waals surface area contributed by atoms with E-state index in [0.29, 0.717) is 0 Å². The fourth-order valence-electron chi connectivity index (χ4n) is 3.69. The van der Waals surface area contributed by atoms with Crippen LogP contribution in [0.25, 0.3) is 0 Å². The molecule has 2 aliphatic rings. The van der Waals surface area contributed by atoms with Crippen molar-refractivity contribution in [3.05, 3.63) is 35.9 Å². The summed E-state index contributed by atoms with van der Waals surface area (Å²) in [5, 5.41) is 0. The highest BCUT2D eigenvalue weighted by molar-refractivity contribution is 5.14. The van der Waals surface area contributed by atoms with Crippen LogP contribution in [0.5, 0.6) is 0 Å². The van der Waals surface area contributed by atoms with Crippen molar-refractivity contribution in [2.24, 2.45) is 0 Å². The van der Waals surface area contributed by atoms with Gasteiger partial charge in [0.2, 0.25) is 0 Å². The van der Waals surface area contributed by atoms with Crippen molar-refractivity contribution in [2.75, 3.05) is 26.2 Å². The maximum atomic E-state index is 2.72. The molecule has 0 saturated carbocycles. The van der Waals surface area contributed by atoms with Crippen molar-refractivity contribution in [2.45, 2.75) is 44.7 Å². The number of nitrogens with zero attached hydrogens (tertiary/aromatic N) is 2. The van der Waals surface area contributed by atoms with Gasteiger partial charge in [0.15, 0.2) is 0 Å². The van der Waals surface area contributed by atoms with Gasteiger partial charge in [-0.05, 0) is 51.3 Å². The third kappa shape index (κ3) is 3.18. The van der Waals surface area contributed by atoms with E-state index in [1.165, 1.54) is 57.4 Å². The molecule has 1 aromatic rings. The first kappa shape index (κ1) is 13.1. The van der Waals surface area contributed by atoms with E-state index in [9.17, 15) is 0 Å². The maximum Gasteiger partial charge on any atom is 0.0224 e. The number of benzene rings is 1. The van der Waals surface area contributed by atoms with E-state index in [1.807, 2.05) is 0 Å². The van der Waals surface area contributed by atoms with Crippen molar-refractivity contribution in [3.8, 4) is 0 Å². The topological polar surface area (TPSA) is 6.48 Å². The minimum atomic E-state index is 0.741. The number of fused-ring (bicyclic) bond motifs is 1. The predicted molar refractivity (Wildman–Crippen MR) is 80.4 cm³/mol. The van der Waals surface area contributed by atoms with E-state index >= 15 is 0 Å². The lowest BCUT2D eigenvalue weighted by Gasteiger charge is -2.42. The number of hydrogen-bond acceptors (Lipinski definition) is 2. The Morgan fingerprint density at radius 2 is 2.00 bits per heavy atom. The molecule has 3 rings (SSSR count). The molecule has 1 aromatic carbocycles. The van der Waals surface area contributed by atoms with Gasteiger partial charge in [0.05, 0.1) is 0 Å². The molecule has 0 bridgehead atoms. The molecule has 2 atom stereocenters. The smallest absolute Gasteiger partial charge is 0.0224 e. The fraction of sp³-hybridized carbons (Fsp3) is 0.647. The number of piperazine rings is 1. The Hall–Kier alpha value is -0.860. The predicted octanol–water partition coefficient (Wildman–Crippen LogP) is 2.79. The second kappa shape index (κ2) is 6.06. The number of rotatable bonds is 4. The normalized spacial score (nSPS) is 28.5. The summed E-state index contributed by atoms with van der Waals surface area (Å²) in [6.45, 7) is 7.59. The van der Waals surface area contributed by atoms with Crippen LogP contribution < -0.4 is 0 Å². The second-order valence-electron chi connectivity index (χ2n) is 6.22. The summed E-state index contributed by atoms with van der Waals surface area (Å²) in [5.41, 5.74) is 1.48. The van der Waals surface area contributed by atoms with E-state index in [0.717, 1.165) is 12.1 Å². The lowest BCUT2D eigenvalue weighted by atomic mass is 10.1. The van der Waals surface area contributed by atoms with Gasteiger partial charge in [-0.25, -0.2) is 0 Å². The van der Waals surface area contributed by atoms with Crippen LogP contribution in [-0.2, 0) is 6.42 Å². The summed E-state index contributed by atoms with van der Waals surface area (Å²) in [6, 6.07) is 12.5. The van der Waals surface area contributed by atoms with Gasteiger partial charge < -0.3 is 0 Å². The molecule has 2 heterocycles. The van der Waals surface area contributed by atoms with E-state index in [4.69, 9.17) is 0 Å². The largest absolute Gasteiger partial charge is 0.298 e. The Labute approximate surface area is 117 Å². The van der Waals surface area contributed by atoms with E-state index < -0.39 is 0 Å². The Bertz CT molecular complexity index is 390. The van der Waals surface area contributed by atoms with Crippen LogP contribution in [0, 0.1) is 0 Å². The molecule has 2 heteroatoms. The molecule has 0 aliphatic carbocycles. The molecule has 104 valence electrons. The summed E-state index contributed by atoms with van der Waals surface area (Å²) in [6.07, 6.45) is 5.34. The first-order valence-electron chi connectivity index (χ1n) is 7.85. The van der Waals surface area contributed by atoms with Gasteiger partial charge in [-0.1, -0.05) is 30.3 Å². The Morgan fingerprint density at radius 1 is 1.16 bits per heavy atom. The third-order valence-corrected chi connectivity index (χ3v) is 4.82. The molecule has 0 N–H and O–H groups in total. The quantitative estimate of drug-likeness (QED) is 0.819. The van der Waals surface area contributed by atoms with E-state index in [-0.39, 0.29) is 0 Å². The van der Waals surface area contributed by atoms with Crippen molar-refractivity contribution in [1.29, 1.82) is 0 Å². The maximum absolute atomic E-state index is 2.72. The number of aryl methyl sites for hydroxylation is 1. The average Bonchev–Trinajstić information content (AvgIpc) is 2.87. The summed E-state index contributed by atoms with van der Waals surface area (Å²) >= 11 is 0. The van der Waals surface area contributed by atoms with Crippen LogP contribution in [0.4, 0.5) is 0 Å². The van der Waals surface area contributed by atoms with Crippen LogP contribution in [0.2, 0.25) is 0 Å². The standard InChI is InChI=1S/C17H26N2/c1-15-13-19-12-6-10-17(19)14-18(15)11-5-9-16-7-3-2-4-8-16/h2-4,7-8,15,17H,5-6,9-14H2,1H3/t15-,17?/m1/s1. The monoisotopic (exact) mass is 258 g/mol. The summed E-state index contributed by atoms with van der Waals surface area (Å²) in [5.74, 6) is 0. The second-order valence-corrected chi connectivity index (χ2v) is 6.22. The Balaban J connectivity index is 1.47. The zero-order valence-electron chi connectivity index (χ0n) is 12.1. The molecule has 2 aliphatic heterocycles. The minimum Gasteiger partial charge on any atom is -0.298 e. The van der Waals surface area contributed by atoms with Crippen LogP contribution in [0.1, 0.15) is 31.7 Å². The summed E-state index contributed by atoms with van der Waals surface area (Å²) in [4.78, 5) is 5.42. The first-order chi connectivity index (χ1) is 9.33. The molecule has 19 heavy (non-hydrogen) atoms. The van der Waals surface area contributed by atoms with Gasteiger partial charge in [0.25, 0.3) is 0 Å². The molecule has 2 fully saturated rings. The van der Waals surface area contributed by atoms with E-state index in [2.05, 4.69) is 47.1 Å². The van der Waals surface area contributed by atoms with Crippen molar-refractivity contribution >= 4 is 0 Å². The molecule has 2 saturated heterocycles. The van der Waals surface area contributed by atoms with Crippen molar-refractivity contribution < 1.29 is 0 Å². The first-order valence-corrected chi connectivity index (χ1v) is 7.85. The highest BCUT2D eigenvalue weighted by Crippen LogP contribution is 2.24. The van der Waals surface area contributed by atoms with Gasteiger partial charge in [-0.2, -0.15) is 0 Å². The molecule has 2 nitrogen and oxygen atoms in total. The molecule has 0 radical (unpaired) electrons. The molecular weight excluding hydrogens is 232 g/mol. The van der Waals surface area contributed by atoms with Crippen LogP contribution in [0.3, 0.4) is 0 Å². The average molecular weight is 258 g/mol. The Morgan fingerprint density at radius 3 is 2.84 bits per heavy atom. The van der Waals surface area contributed by atoms with Crippen molar-refractivity contribution in [3.63, 3.8) is 0 Å². The minimum absolute atomic E-state index is 0.741. The number of hydrogen-bond donors (Lipinski definition) is 0. The van der Waals surface area contributed by atoms with Gasteiger partial charge in [-0.15, -0.1) is 0 Å². The zero-order valence-corrected chi connectivity index (χ0v) is 12.1. The SMILES string of the molecule is C[C@@H]1CN2CCCC2CN1CCCc1ccccc1. The van der Waals surface area contributed by atoms with Crippen LogP contribution in [-0.4, -0.2) is 48.1 Å². The van der Waals surface area contributed by atoms with Gasteiger partial charge >= 0.3 is 0 Å². The van der Waals surface area contributed by atoms with E-state index in [1.54, 1.807) is 0 Å². The zero-order chi connectivity index (χ0) is 13.1. The molecule has 1 unspecified atom stereocenters. The van der Waals surface area contributed by atoms with Gasteiger partial charge in [0, 0.05) is 25.2 Å². The molecule has 0 aromatic heterocycles. The molecular formula is C17H26N2.